The largest absolute Gasteiger partial charge is 0.363 e. The summed E-state index contributed by atoms with van der Waals surface area (Å²) < 4.78 is 0. The second-order valence-electron chi connectivity index (χ2n) is 3.98. The molecule has 0 unspecified atom stereocenters. The molecule has 0 atom stereocenters. The van der Waals surface area contributed by atoms with E-state index in [1.807, 2.05) is 0 Å². The fourth-order valence-corrected chi connectivity index (χ4v) is 1.96. The number of carbonyl (C=O) groups is 2. The maximum Gasteiger partial charge on any atom is 0.282 e. The molecule has 2 rings (SSSR count). The first-order valence-electron chi connectivity index (χ1n) is 5.78. The van der Waals surface area contributed by atoms with Crippen molar-refractivity contribution in [3.63, 3.8) is 0 Å². The van der Waals surface area contributed by atoms with E-state index in [2.05, 4.69) is 26.1 Å². The highest BCUT2D eigenvalue weighted by atomic mass is 32.1. The van der Waals surface area contributed by atoms with E-state index in [9.17, 15) is 9.59 Å². The van der Waals surface area contributed by atoms with Crippen molar-refractivity contribution in [1.29, 1.82) is 0 Å². The third kappa shape index (κ3) is 3.39. The van der Waals surface area contributed by atoms with E-state index in [1.54, 1.807) is 7.05 Å². The lowest BCUT2D eigenvalue weighted by atomic mass is 10.4. The minimum Gasteiger partial charge on any atom is -0.363 e. The molecule has 1 aliphatic carbocycles. The summed E-state index contributed by atoms with van der Waals surface area (Å²) >= 11 is 1.19. The zero-order chi connectivity index (χ0) is 13.0. The molecule has 3 N–H and O–H groups in total. The average molecular weight is 269 g/mol. The van der Waals surface area contributed by atoms with Gasteiger partial charge in [-0.25, -0.2) is 0 Å². The molecular weight excluding hydrogens is 254 g/mol. The Morgan fingerprint density at radius 3 is 2.61 bits per heavy atom. The van der Waals surface area contributed by atoms with Gasteiger partial charge in [0.25, 0.3) is 5.91 Å². The van der Waals surface area contributed by atoms with Gasteiger partial charge < -0.3 is 16.0 Å². The van der Waals surface area contributed by atoms with Crippen LogP contribution in [0.3, 0.4) is 0 Å². The van der Waals surface area contributed by atoms with Gasteiger partial charge in [-0.2, -0.15) is 0 Å². The van der Waals surface area contributed by atoms with Crippen LogP contribution >= 0.6 is 11.3 Å². The number of hydrogen-bond donors (Lipinski definition) is 3. The minimum atomic E-state index is -0.269. The highest BCUT2D eigenvalue weighted by Gasteiger charge is 2.29. The zero-order valence-corrected chi connectivity index (χ0v) is 10.8. The van der Waals surface area contributed by atoms with Gasteiger partial charge in [0.1, 0.15) is 0 Å². The van der Waals surface area contributed by atoms with Gasteiger partial charge in [-0.1, -0.05) is 11.3 Å². The van der Waals surface area contributed by atoms with E-state index in [1.165, 1.54) is 11.3 Å². The Morgan fingerprint density at radius 1 is 1.28 bits per heavy atom. The molecule has 1 saturated carbocycles. The quantitative estimate of drug-likeness (QED) is 0.623. The highest BCUT2D eigenvalue weighted by Crippen LogP contribution is 2.28. The second kappa shape index (κ2) is 5.76. The summed E-state index contributed by atoms with van der Waals surface area (Å²) in [5, 5.41) is 16.7. The SMILES string of the molecule is CNc1nnc(C(=O)NCCNC(=O)C2CC2)s1. The molecule has 2 amide bonds. The van der Waals surface area contributed by atoms with E-state index in [-0.39, 0.29) is 17.7 Å². The van der Waals surface area contributed by atoms with E-state index >= 15 is 0 Å². The van der Waals surface area contributed by atoms with Crippen molar-refractivity contribution >= 4 is 28.3 Å². The Hall–Kier alpha value is -1.70. The van der Waals surface area contributed by atoms with Crippen molar-refractivity contribution < 1.29 is 9.59 Å². The van der Waals surface area contributed by atoms with Crippen LogP contribution in [0.25, 0.3) is 0 Å². The smallest absolute Gasteiger partial charge is 0.282 e. The van der Waals surface area contributed by atoms with Crippen molar-refractivity contribution in [2.24, 2.45) is 5.92 Å². The maximum absolute atomic E-state index is 11.6. The van der Waals surface area contributed by atoms with Crippen LogP contribution in [0.2, 0.25) is 0 Å². The van der Waals surface area contributed by atoms with Crippen LogP contribution in [0.5, 0.6) is 0 Å². The third-order valence-electron chi connectivity index (χ3n) is 2.49. The lowest BCUT2D eigenvalue weighted by Gasteiger charge is -2.04. The Balaban J connectivity index is 1.66. The number of aromatic nitrogens is 2. The molecule has 0 radical (unpaired) electrons. The van der Waals surface area contributed by atoms with Crippen molar-refractivity contribution in [3.05, 3.63) is 5.01 Å². The summed E-state index contributed by atoms with van der Waals surface area (Å²) in [5.74, 6) is 0.00866. The predicted molar refractivity (Wildman–Crippen MR) is 67.5 cm³/mol. The van der Waals surface area contributed by atoms with Crippen LogP contribution in [0.15, 0.2) is 0 Å². The zero-order valence-electron chi connectivity index (χ0n) is 10.0. The van der Waals surface area contributed by atoms with Crippen molar-refractivity contribution in [3.8, 4) is 0 Å². The molecule has 7 nitrogen and oxygen atoms in total. The molecule has 98 valence electrons. The number of nitrogens with zero attached hydrogens (tertiary/aromatic N) is 2. The molecule has 18 heavy (non-hydrogen) atoms. The van der Waals surface area contributed by atoms with Crippen molar-refractivity contribution in [1.82, 2.24) is 20.8 Å². The van der Waals surface area contributed by atoms with E-state index in [0.29, 0.717) is 23.2 Å². The molecule has 1 aromatic heterocycles. The summed E-state index contributed by atoms with van der Waals surface area (Å²) in [6, 6.07) is 0. The lowest BCUT2D eigenvalue weighted by molar-refractivity contribution is -0.122. The summed E-state index contributed by atoms with van der Waals surface area (Å²) in [5.41, 5.74) is 0. The Kier molecular flexibility index (Phi) is 4.08. The Bertz CT molecular complexity index is 443. The minimum absolute atomic E-state index is 0.0811. The van der Waals surface area contributed by atoms with Gasteiger partial charge in [-0.15, -0.1) is 10.2 Å². The van der Waals surface area contributed by atoms with Gasteiger partial charge in [0.15, 0.2) is 0 Å². The highest BCUT2D eigenvalue weighted by molar-refractivity contribution is 7.17. The van der Waals surface area contributed by atoms with Crippen LogP contribution in [0.1, 0.15) is 22.6 Å². The molecule has 0 saturated heterocycles. The van der Waals surface area contributed by atoms with Crippen molar-refractivity contribution in [2.45, 2.75) is 12.8 Å². The summed E-state index contributed by atoms with van der Waals surface area (Å²) in [4.78, 5) is 22.9. The fraction of sp³-hybridized carbons (Fsp3) is 0.600. The summed E-state index contributed by atoms with van der Waals surface area (Å²) in [6.07, 6.45) is 1.96. The fourth-order valence-electron chi connectivity index (χ4n) is 1.34. The molecular formula is C10H15N5O2S. The lowest BCUT2D eigenvalue weighted by Crippen LogP contribution is -2.35. The van der Waals surface area contributed by atoms with E-state index in [0.717, 1.165) is 12.8 Å². The van der Waals surface area contributed by atoms with Gasteiger partial charge in [-0.3, -0.25) is 9.59 Å². The number of carbonyl (C=O) groups excluding carboxylic acids is 2. The number of nitrogens with one attached hydrogen (secondary N) is 3. The topological polar surface area (TPSA) is 96.0 Å². The molecule has 0 spiro atoms. The average Bonchev–Trinajstić information content (AvgIpc) is 3.12. The number of rotatable bonds is 6. The number of hydrogen-bond acceptors (Lipinski definition) is 6. The van der Waals surface area contributed by atoms with E-state index in [4.69, 9.17) is 0 Å². The van der Waals surface area contributed by atoms with Gasteiger partial charge >= 0.3 is 0 Å². The van der Waals surface area contributed by atoms with Gasteiger partial charge in [0.2, 0.25) is 16.0 Å². The van der Waals surface area contributed by atoms with Gasteiger partial charge in [0.05, 0.1) is 0 Å². The molecule has 0 aliphatic heterocycles. The van der Waals surface area contributed by atoms with Gasteiger partial charge in [0, 0.05) is 26.1 Å². The second-order valence-corrected chi connectivity index (χ2v) is 4.96. The van der Waals surface area contributed by atoms with Crippen LogP contribution in [-0.2, 0) is 4.79 Å². The van der Waals surface area contributed by atoms with Crippen LogP contribution in [0.4, 0.5) is 5.13 Å². The molecule has 0 bridgehead atoms. The number of anilines is 1. The molecule has 8 heteroatoms. The van der Waals surface area contributed by atoms with Gasteiger partial charge in [-0.05, 0) is 12.8 Å². The predicted octanol–water partition coefficient (Wildman–Crippen LogP) is -0.164. The molecule has 1 heterocycles. The molecule has 0 aromatic carbocycles. The normalized spacial score (nSPS) is 14.1. The van der Waals surface area contributed by atoms with E-state index < -0.39 is 0 Å². The maximum atomic E-state index is 11.6. The summed E-state index contributed by atoms with van der Waals surface area (Å²) in [7, 11) is 1.72. The van der Waals surface area contributed by atoms with Crippen LogP contribution in [0, 0.1) is 5.92 Å². The first kappa shape index (κ1) is 12.7. The Labute approximate surface area is 108 Å². The van der Waals surface area contributed by atoms with Crippen LogP contribution < -0.4 is 16.0 Å². The first-order valence-corrected chi connectivity index (χ1v) is 6.59. The monoisotopic (exact) mass is 269 g/mol. The molecule has 1 aliphatic rings. The number of amides is 2. The summed E-state index contributed by atoms with van der Waals surface area (Å²) in [6.45, 7) is 0.838. The third-order valence-corrected chi connectivity index (χ3v) is 3.43. The van der Waals surface area contributed by atoms with Crippen LogP contribution in [-0.4, -0.2) is 42.1 Å². The molecule has 1 aromatic rings. The first-order chi connectivity index (χ1) is 8.70. The molecule has 1 fully saturated rings. The standard InChI is InChI=1S/C10H15N5O2S/c1-11-10-15-14-9(18-10)8(17)13-5-4-12-7(16)6-2-3-6/h6H,2-5H2,1H3,(H,11,15)(H,12,16)(H,13,17). The van der Waals surface area contributed by atoms with Crippen molar-refractivity contribution in [2.75, 3.05) is 25.5 Å². The Morgan fingerprint density at radius 2 is 2.00 bits per heavy atom.